The largest absolute Gasteiger partial charge is 0.470 e. The maximum Gasteiger partial charge on any atom is 0.470 e. The van der Waals surface area contributed by atoms with E-state index in [-0.39, 0.29) is 23.0 Å². The van der Waals surface area contributed by atoms with Gasteiger partial charge in [0.1, 0.15) is 6.04 Å². The van der Waals surface area contributed by atoms with E-state index in [1.807, 2.05) is 23.1 Å². The van der Waals surface area contributed by atoms with Gasteiger partial charge in [0.2, 0.25) is 12.3 Å². The Morgan fingerprint density at radius 2 is 1.93 bits per heavy atom. The van der Waals surface area contributed by atoms with Crippen molar-refractivity contribution >= 4 is 29.0 Å². The summed E-state index contributed by atoms with van der Waals surface area (Å²) in [4.78, 5) is 38.2. The van der Waals surface area contributed by atoms with Crippen molar-refractivity contribution < 1.29 is 32.3 Å². The number of benzene rings is 1. The van der Waals surface area contributed by atoms with E-state index < -0.39 is 18.1 Å². The van der Waals surface area contributed by atoms with Crippen LogP contribution in [0.4, 0.5) is 13.2 Å². The second kappa shape index (κ2) is 14.3. The van der Waals surface area contributed by atoms with Gasteiger partial charge >= 0.3 is 12.1 Å². The number of alkyl halides is 3. The number of ether oxygens (including phenoxy) is 1. The number of likely N-dealkylation sites (tertiary alicyclic amines) is 1. The number of amides is 3. The van der Waals surface area contributed by atoms with Crippen LogP contribution < -0.4 is 11.1 Å². The summed E-state index contributed by atoms with van der Waals surface area (Å²) in [6.45, 7) is 10.7. The SMILES string of the molecule is C#Cc1cccc2cncc(C(C#N)NC=O)c12.CC1CN(C(=O)C[C@@H](C)OC2(C3CC3)CC2)CC1(C)C.NC(=O)C(F)(F)F. The van der Waals surface area contributed by atoms with Gasteiger partial charge in [0, 0.05) is 47.4 Å². The molecule has 2 unspecified atom stereocenters. The lowest BCUT2D eigenvalue weighted by Gasteiger charge is -2.25. The molecule has 2 saturated carbocycles. The summed E-state index contributed by atoms with van der Waals surface area (Å²) in [6.07, 6.45) is 10.0. The van der Waals surface area contributed by atoms with Crippen molar-refractivity contribution in [3.8, 4) is 18.4 Å². The van der Waals surface area contributed by atoms with Crippen LogP contribution in [0.5, 0.6) is 0 Å². The van der Waals surface area contributed by atoms with E-state index in [1.54, 1.807) is 18.5 Å². The standard InChI is InChI=1S/C17H29NO2.C14H9N3O.C2H2F3NO/c1-12-10-18(11-16(12,3)4)15(19)9-13(2)20-17(7-8-17)14-5-6-14;1-2-10-4-3-5-11-7-16-8-12(14(10)11)13(6-15)17-9-18;3-2(4,5)1(6)7/h12-14H,5-11H2,1-4H3;1,3-5,7-9,13H,(H,17,18);(H2,6,7)/t12?,13-;;/m1../s1. The van der Waals surface area contributed by atoms with Crippen LogP contribution in [0.15, 0.2) is 30.6 Å². The van der Waals surface area contributed by atoms with Crippen LogP contribution in [0.3, 0.4) is 0 Å². The lowest BCUT2D eigenvalue weighted by molar-refractivity contribution is -0.169. The zero-order valence-corrected chi connectivity index (χ0v) is 26.0. The molecule has 2 aromatic rings. The minimum absolute atomic E-state index is 0.0737. The van der Waals surface area contributed by atoms with Crippen LogP contribution in [0.25, 0.3) is 10.8 Å². The molecule has 1 saturated heterocycles. The van der Waals surface area contributed by atoms with Crippen LogP contribution in [-0.4, -0.2) is 59.1 Å². The second-order valence-corrected chi connectivity index (χ2v) is 12.6. The van der Waals surface area contributed by atoms with E-state index in [1.165, 1.54) is 25.7 Å². The Balaban J connectivity index is 0.000000205. The molecule has 2 aliphatic carbocycles. The average Bonchev–Trinajstić information content (AvgIpc) is 3.90. The molecule has 242 valence electrons. The predicted octanol–water partition coefficient (Wildman–Crippen LogP) is 4.79. The third-order valence-electron chi connectivity index (χ3n) is 8.66. The molecule has 3 aliphatic rings. The molecule has 9 nitrogen and oxygen atoms in total. The van der Waals surface area contributed by atoms with Gasteiger partial charge in [0.05, 0.1) is 24.2 Å². The van der Waals surface area contributed by atoms with Crippen LogP contribution in [0, 0.1) is 40.9 Å². The molecule has 1 aromatic carbocycles. The minimum Gasteiger partial charge on any atom is -0.371 e. The summed E-state index contributed by atoms with van der Waals surface area (Å²) in [7, 11) is 0. The molecule has 45 heavy (non-hydrogen) atoms. The molecule has 3 amide bonds. The molecule has 5 rings (SSSR count). The summed E-state index contributed by atoms with van der Waals surface area (Å²) in [5, 5.41) is 13.1. The molecular weight excluding hydrogens is 587 g/mol. The van der Waals surface area contributed by atoms with Crippen molar-refractivity contribution in [1.82, 2.24) is 15.2 Å². The Morgan fingerprint density at radius 3 is 2.40 bits per heavy atom. The highest BCUT2D eigenvalue weighted by Crippen LogP contribution is 2.57. The predicted molar refractivity (Wildman–Crippen MR) is 162 cm³/mol. The van der Waals surface area contributed by atoms with Gasteiger partial charge in [-0.3, -0.25) is 19.4 Å². The Hall–Kier alpha value is -4.16. The molecule has 0 radical (unpaired) electrons. The number of halogens is 3. The molecule has 3 atom stereocenters. The molecule has 0 bridgehead atoms. The summed E-state index contributed by atoms with van der Waals surface area (Å²) in [5.41, 5.74) is 5.52. The summed E-state index contributed by atoms with van der Waals surface area (Å²) >= 11 is 0. The number of pyridine rings is 1. The van der Waals surface area contributed by atoms with E-state index in [2.05, 4.69) is 49.6 Å². The third-order valence-corrected chi connectivity index (χ3v) is 8.66. The maximum absolute atomic E-state index is 12.4. The number of rotatable bonds is 8. The number of aromatic nitrogens is 1. The Morgan fingerprint density at radius 1 is 1.29 bits per heavy atom. The van der Waals surface area contributed by atoms with E-state index >= 15 is 0 Å². The van der Waals surface area contributed by atoms with E-state index in [0.717, 1.165) is 29.8 Å². The van der Waals surface area contributed by atoms with Crippen molar-refractivity contribution in [2.75, 3.05) is 13.1 Å². The van der Waals surface area contributed by atoms with Gasteiger partial charge in [-0.2, -0.15) is 18.4 Å². The zero-order valence-electron chi connectivity index (χ0n) is 26.0. The third kappa shape index (κ3) is 9.18. The van der Waals surface area contributed by atoms with E-state index in [0.29, 0.717) is 29.9 Å². The fourth-order valence-corrected chi connectivity index (χ4v) is 5.52. The average molecular weight is 628 g/mol. The van der Waals surface area contributed by atoms with Gasteiger partial charge in [-0.25, -0.2) is 0 Å². The van der Waals surface area contributed by atoms with Crippen LogP contribution >= 0.6 is 0 Å². The lowest BCUT2D eigenvalue weighted by Crippen LogP contribution is -2.34. The number of nitrogens with one attached hydrogen (secondary N) is 1. The molecule has 3 fully saturated rings. The first-order valence-corrected chi connectivity index (χ1v) is 14.8. The molecule has 0 spiro atoms. The number of nitrogens with two attached hydrogens (primary N) is 1. The fraction of sp³-hybridized carbons (Fsp3) is 0.545. The summed E-state index contributed by atoms with van der Waals surface area (Å²) < 4.78 is 38.3. The fourth-order valence-electron chi connectivity index (χ4n) is 5.52. The Kier molecular flexibility index (Phi) is 11.2. The van der Waals surface area contributed by atoms with Gasteiger partial charge in [0.25, 0.3) is 0 Å². The maximum atomic E-state index is 12.4. The molecule has 12 heteroatoms. The Bertz CT molecular complexity index is 1470. The van der Waals surface area contributed by atoms with E-state index in [4.69, 9.17) is 21.2 Å². The zero-order chi connectivity index (χ0) is 33.6. The number of carbonyl (C=O) groups is 3. The van der Waals surface area contributed by atoms with Gasteiger partial charge < -0.3 is 20.7 Å². The van der Waals surface area contributed by atoms with E-state index in [9.17, 15) is 22.8 Å². The number of fused-ring (bicyclic) bond motifs is 1. The highest BCUT2D eigenvalue weighted by atomic mass is 19.4. The summed E-state index contributed by atoms with van der Waals surface area (Å²) in [6, 6.07) is 6.74. The monoisotopic (exact) mass is 627 g/mol. The van der Waals surface area contributed by atoms with Crippen molar-refractivity contribution in [1.29, 1.82) is 5.26 Å². The second-order valence-electron chi connectivity index (χ2n) is 12.6. The van der Waals surface area contributed by atoms with Crippen molar-refractivity contribution in [2.24, 2.45) is 23.0 Å². The highest BCUT2D eigenvalue weighted by molar-refractivity contribution is 5.91. The van der Waals surface area contributed by atoms with Crippen molar-refractivity contribution in [2.45, 2.75) is 83.7 Å². The van der Waals surface area contributed by atoms with Crippen LogP contribution in [-0.2, 0) is 19.1 Å². The molecule has 1 aliphatic heterocycles. The number of nitrogens with zero attached hydrogens (tertiary/aromatic N) is 3. The topological polar surface area (TPSA) is 138 Å². The number of primary amides is 1. The normalized spacial score (nSPS) is 20.6. The first kappa shape index (κ1) is 35.3. The number of nitriles is 1. The van der Waals surface area contributed by atoms with Gasteiger partial charge in [0.15, 0.2) is 0 Å². The van der Waals surface area contributed by atoms with Gasteiger partial charge in [-0.1, -0.05) is 38.8 Å². The van der Waals surface area contributed by atoms with Gasteiger partial charge in [-0.05, 0) is 55.9 Å². The lowest BCUT2D eigenvalue weighted by atomic mass is 9.84. The number of hydrogen-bond acceptors (Lipinski definition) is 6. The molecule has 1 aromatic heterocycles. The van der Waals surface area contributed by atoms with Crippen molar-refractivity contribution in [3.05, 3.63) is 41.7 Å². The van der Waals surface area contributed by atoms with Crippen molar-refractivity contribution in [3.63, 3.8) is 0 Å². The first-order chi connectivity index (χ1) is 21.1. The summed E-state index contributed by atoms with van der Waals surface area (Å²) in [5.74, 6) is 1.98. The highest BCUT2D eigenvalue weighted by Gasteiger charge is 2.56. The number of hydrogen-bond donors (Lipinski definition) is 2. The van der Waals surface area contributed by atoms with Crippen LogP contribution in [0.2, 0.25) is 0 Å². The first-order valence-electron chi connectivity index (χ1n) is 14.8. The van der Waals surface area contributed by atoms with Crippen LogP contribution in [0.1, 0.15) is 77.0 Å². The molecular formula is C33H40F3N5O4. The molecule has 2 heterocycles. The molecule has 3 N–H and O–H groups in total. The number of terminal acetylenes is 1. The van der Waals surface area contributed by atoms with Gasteiger partial charge in [-0.15, -0.1) is 6.42 Å². The Labute approximate surface area is 261 Å². The number of carbonyl (C=O) groups excluding carboxylic acids is 3. The minimum atomic E-state index is -4.86. The smallest absolute Gasteiger partial charge is 0.371 e. The quantitative estimate of drug-likeness (QED) is 0.319.